The van der Waals surface area contributed by atoms with E-state index in [1.807, 2.05) is 50.2 Å². The monoisotopic (exact) mass is 427 g/mol. The minimum atomic E-state index is -0.209. The molecule has 0 saturated carbocycles. The van der Waals surface area contributed by atoms with Crippen LogP contribution in [0.3, 0.4) is 0 Å². The number of rotatable bonds is 6. The van der Waals surface area contributed by atoms with E-state index in [0.29, 0.717) is 17.3 Å². The van der Waals surface area contributed by atoms with E-state index < -0.39 is 0 Å². The Morgan fingerprint density at radius 1 is 1.24 bits per heavy atom. The number of nitrogens with zero attached hydrogens (tertiary/aromatic N) is 4. The molecule has 0 radical (unpaired) electrons. The Hall–Kier alpha value is -2.97. The highest BCUT2D eigenvalue weighted by atomic mass is 35.5. The maximum Gasteiger partial charge on any atom is 0.258 e. The molecule has 1 N–H and O–H groups in total. The maximum absolute atomic E-state index is 12.1. The number of amides is 1. The van der Waals surface area contributed by atoms with Gasteiger partial charge in [-0.2, -0.15) is 9.61 Å². The van der Waals surface area contributed by atoms with Gasteiger partial charge in [0, 0.05) is 12.1 Å². The molecule has 0 aliphatic heterocycles. The molecule has 0 bridgehead atoms. The lowest BCUT2D eigenvalue weighted by atomic mass is 10.1. The molecule has 29 heavy (non-hydrogen) atoms. The Kier molecular flexibility index (Phi) is 5.46. The molecule has 2 aromatic heterocycles. The molecule has 0 aliphatic rings. The summed E-state index contributed by atoms with van der Waals surface area (Å²) in [6.45, 7) is 4.19. The Morgan fingerprint density at radius 2 is 2.03 bits per heavy atom. The molecule has 9 heteroatoms. The second-order valence-electron chi connectivity index (χ2n) is 6.62. The van der Waals surface area contributed by atoms with E-state index in [4.69, 9.17) is 16.3 Å². The van der Waals surface area contributed by atoms with Gasteiger partial charge < -0.3 is 10.1 Å². The van der Waals surface area contributed by atoms with Crippen LogP contribution in [-0.4, -0.2) is 32.3 Å². The van der Waals surface area contributed by atoms with Gasteiger partial charge in [0.25, 0.3) is 5.91 Å². The summed E-state index contributed by atoms with van der Waals surface area (Å²) in [5, 5.41) is 16.5. The van der Waals surface area contributed by atoms with Crippen LogP contribution in [0.4, 0.5) is 0 Å². The third kappa shape index (κ3) is 4.38. The topological polar surface area (TPSA) is 81.4 Å². The maximum atomic E-state index is 12.1. The number of carbonyl (C=O) groups excluding carboxylic acids is 1. The van der Waals surface area contributed by atoms with E-state index in [0.717, 1.165) is 32.2 Å². The van der Waals surface area contributed by atoms with Crippen molar-refractivity contribution in [2.24, 2.45) is 0 Å². The van der Waals surface area contributed by atoms with Crippen LogP contribution in [0.25, 0.3) is 15.5 Å². The highest BCUT2D eigenvalue weighted by Gasteiger charge is 2.10. The zero-order valence-electron chi connectivity index (χ0n) is 15.8. The van der Waals surface area contributed by atoms with E-state index in [-0.39, 0.29) is 12.5 Å². The molecule has 0 atom stereocenters. The summed E-state index contributed by atoms with van der Waals surface area (Å²) < 4.78 is 7.26. The van der Waals surface area contributed by atoms with E-state index >= 15 is 0 Å². The normalized spacial score (nSPS) is 11.0. The molecule has 2 heterocycles. The molecule has 0 aliphatic carbocycles. The van der Waals surface area contributed by atoms with Gasteiger partial charge in [0.15, 0.2) is 6.61 Å². The third-order valence-corrected chi connectivity index (χ3v) is 5.54. The van der Waals surface area contributed by atoms with Gasteiger partial charge in [-0.05, 0) is 36.6 Å². The van der Waals surface area contributed by atoms with Gasteiger partial charge in [0.2, 0.25) is 4.96 Å². The SMILES string of the molecule is Cc1cc(C)c(OCC(=O)NCc2ccc(-c3nn4cnnc4s3)cc2)c(Cl)c1. The predicted octanol–water partition coefficient (Wildman–Crippen LogP) is 3.82. The first-order valence-electron chi connectivity index (χ1n) is 8.92. The van der Waals surface area contributed by atoms with Crippen molar-refractivity contribution < 1.29 is 9.53 Å². The van der Waals surface area contributed by atoms with Crippen molar-refractivity contribution in [2.45, 2.75) is 20.4 Å². The molecular formula is C20H18ClN5O2S. The third-order valence-electron chi connectivity index (χ3n) is 4.30. The van der Waals surface area contributed by atoms with Gasteiger partial charge in [0.1, 0.15) is 17.1 Å². The summed E-state index contributed by atoms with van der Waals surface area (Å²) in [6, 6.07) is 11.6. The molecule has 0 saturated heterocycles. The summed E-state index contributed by atoms with van der Waals surface area (Å²) in [5.74, 6) is 0.334. The molecular weight excluding hydrogens is 410 g/mol. The number of halogens is 1. The number of hydrogen-bond acceptors (Lipinski definition) is 6. The van der Waals surface area contributed by atoms with Crippen molar-refractivity contribution in [1.29, 1.82) is 0 Å². The van der Waals surface area contributed by atoms with E-state index in [9.17, 15) is 4.79 Å². The fraction of sp³-hybridized carbons (Fsp3) is 0.200. The summed E-state index contributed by atoms with van der Waals surface area (Å²) in [6.07, 6.45) is 1.58. The van der Waals surface area contributed by atoms with Crippen LogP contribution in [0.1, 0.15) is 16.7 Å². The highest BCUT2D eigenvalue weighted by molar-refractivity contribution is 7.19. The quantitative estimate of drug-likeness (QED) is 0.506. The van der Waals surface area contributed by atoms with Crippen molar-refractivity contribution in [1.82, 2.24) is 25.1 Å². The number of aryl methyl sites for hydroxylation is 2. The largest absolute Gasteiger partial charge is 0.482 e. The average molecular weight is 428 g/mol. The van der Waals surface area contributed by atoms with Gasteiger partial charge in [-0.1, -0.05) is 53.3 Å². The summed E-state index contributed by atoms with van der Waals surface area (Å²) in [5.41, 5.74) is 3.93. The van der Waals surface area contributed by atoms with Crippen LogP contribution < -0.4 is 10.1 Å². The van der Waals surface area contributed by atoms with Gasteiger partial charge in [-0.15, -0.1) is 10.2 Å². The first-order chi connectivity index (χ1) is 14.0. The Morgan fingerprint density at radius 3 is 2.76 bits per heavy atom. The average Bonchev–Trinajstić information content (AvgIpc) is 3.28. The first kappa shape index (κ1) is 19.4. The van der Waals surface area contributed by atoms with Crippen molar-refractivity contribution in [3.8, 4) is 16.3 Å². The van der Waals surface area contributed by atoms with Gasteiger partial charge >= 0.3 is 0 Å². The number of hydrogen-bond donors (Lipinski definition) is 1. The van der Waals surface area contributed by atoms with E-state index in [1.54, 1.807) is 10.8 Å². The van der Waals surface area contributed by atoms with Crippen LogP contribution >= 0.6 is 22.9 Å². The highest BCUT2D eigenvalue weighted by Crippen LogP contribution is 2.29. The van der Waals surface area contributed by atoms with Crippen molar-refractivity contribution in [3.63, 3.8) is 0 Å². The molecule has 0 fully saturated rings. The lowest BCUT2D eigenvalue weighted by molar-refractivity contribution is -0.123. The van der Waals surface area contributed by atoms with Crippen LogP contribution in [0, 0.1) is 13.8 Å². The minimum absolute atomic E-state index is 0.0886. The first-order valence-corrected chi connectivity index (χ1v) is 10.1. The summed E-state index contributed by atoms with van der Waals surface area (Å²) >= 11 is 7.68. The predicted molar refractivity (Wildman–Crippen MR) is 112 cm³/mol. The number of carbonyl (C=O) groups is 1. The van der Waals surface area contributed by atoms with Crippen molar-refractivity contribution in [3.05, 3.63) is 64.4 Å². The molecule has 7 nitrogen and oxygen atoms in total. The molecule has 4 aromatic rings. The Bertz CT molecular complexity index is 1120. The molecule has 0 spiro atoms. The van der Waals surface area contributed by atoms with Crippen molar-refractivity contribution >= 4 is 33.8 Å². The molecule has 148 valence electrons. The minimum Gasteiger partial charge on any atom is -0.482 e. The molecule has 1 amide bonds. The van der Waals surface area contributed by atoms with Crippen molar-refractivity contribution in [2.75, 3.05) is 6.61 Å². The Balaban J connectivity index is 1.32. The summed E-state index contributed by atoms with van der Waals surface area (Å²) in [7, 11) is 0. The number of benzene rings is 2. The number of aromatic nitrogens is 4. The zero-order chi connectivity index (χ0) is 20.4. The lowest BCUT2D eigenvalue weighted by Crippen LogP contribution is -2.28. The fourth-order valence-electron chi connectivity index (χ4n) is 2.92. The second kappa shape index (κ2) is 8.18. The smallest absolute Gasteiger partial charge is 0.258 e. The zero-order valence-corrected chi connectivity index (χ0v) is 17.4. The van der Waals surface area contributed by atoms with E-state index in [1.165, 1.54) is 11.3 Å². The standard InChI is InChI=1S/C20H18ClN5O2S/c1-12-7-13(2)18(16(21)8-12)28-10-17(27)22-9-14-3-5-15(6-4-14)19-25-26-11-23-24-20(26)29-19/h3-8,11H,9-10H2,1-2H3,(H,22,27). The fourth-order valence-corrected chi connectivity index (χ4v) is 4.12. The summed E-state index contributed by atoms with van der Waals surface area (Å²) in [4.78, 5) is 12.9. The van der Waals surface area contributed by atoms with Crippen LogP contribution in [0.5, 0.6) is 5.75 Å². The van der Waals surface area contributed by atoms with Gasteiger partial charge in [0.05, 0.1) is 5.02 Å². The number of nitrogens with one attached hydrogen (secondary N) is 1. The van der Waals surface area contributed by atoms with E-state index in [2.05, 4.69) is 20.6 Å². The van der Waals surface area contributed by atoms with Crippen LogP contribution in [0.15, 0.2) is 42.7 Å². The van der Waals surface area contributed by atoms with Gasteiger partial charge in [-0.25, -0.2) is 0 Å². The molecule has 2 aromatic carbocycles. The second-order valence-corrected chi connectivity index (χ2v) is 7.98. The molecule has 0 unspecified atom stereocenters. The number of ether oxygens (including phenoxy) is 1. The number of fused-ring (bicyclic) bond motifs is 1. The Labute approximate surface area is 176 Å². The van der Waals surface area contributed by atoms with Gasteiger partial charge in [-0.3, -0.25) is 4.79 Å². The van der Waals surface area contributed by atoms with Crippen LogP contribution in [-0.2, 0) is 11.3 Å². The molecule has 4 rings (SSSR count). The van der Waals surface area contributed by atoms with Crippen LogP contribution in [0.2, 0.25) is 5.02 Å². The lowest BCUT2D eigenvalue weighted by Gasteiger charge is -2.12.